The minimum absolute atomic E-state index is 0.157. The summed E-state index contributed by atoms with van der Waals surface area (Å²) < 4.78 is 0. The van der Waals surface area contributed by atoms with Crippen LogP contribution in [0.2, 0.25) is 0 Å². The SMILES string of the molecule is CCc1cc(NCc2c(CC)c(CC)n[nH]c2=O)nc(-c2ccncc2)n1. The van der Waals surface area contributed by atoms with Crippen LogP contribution in [0.4, 0.5) is 5.82 Å². The summed E-state index contributed by atoms with van der Waals surface area (Å²) in [5.41, 5.74) is 4.35. The maximum absolute atomic E-state index is 12.3. The fourth-order valence-corrected chi connectivity index (χ4v) is 3.04. The van der Waals surface area contributed by atoms with Crippen molar-refractivity contribution in [3.63, 3.8) is 0 Å². The first-order chi connectivity index (χ1) is 13.2. The number of aromatic nitrogens is 5. The van der Waals surface area contributed by atoms with Crippen LogP contribution in [-0.2, 0) is 25.8 Å². The fraction of sp³-hybridized carbons (Fsp3) is 0.350. The second-order valence-corrected chi connectivity index (χ2v) is 6.17. The van der Waals surface area contributed by atoms with Crippen molar-refractivity contribution in [3.8, 4) is 11.4 Å². The van der Waals surface area contributed by atoms with Gasteiger partial charge < -0.3 is 5.32 Å². The molecule has 3 aromatic heterocycles. The summed E-state index contributed by atoms with van der Waals surface area (Å²) in [6.07, 6.45) is 5.79. The largest absolute Gasteiger partial charge is 0.366 e. The molecule has 0 fully saturated rings. The Labute approximate surface area is 158 Å². The predicted molar refractivity (Wildman–Crippen MR) is 106 cm³/mol. The molecule has 3 rings (SSSR count). The molecule has 0 aliphatic heterocycles. The summed E-state index contributed by atoms with van der Waals surface area (Å²) in [6, 6.07) is 5.69. The van der Waals surface area contributed by atoms with Crippen molar-refractivity contribution in [1.82, 2.24) is 25.1 Å². The van der Waals surface area contributed by atoms with Gasteiger partial charge in [-0.05, 0) is 37.0 Å². The van der Waals surface area contributed by atoms with E-state index in [1.54, 1.807) is 12.4 Å². The highest BCUT2D eigenvalue weighted by atomic mass is 16.1. The van der Waals surface area contributed by atoms with Crippen molar-refractivity contribution in [2.45, 2.75) is 46.6 Å². The van der Waals surface area contributed by atoms with Gasteiger partial charge in [0.2, 0.25) is 0 Å². The number of anilines is 1. The van der Waals surface area contributed by atoms with Crippen LogP contribution in [0.25, 0.3) is 11.4 Å². The van der Waals surface area contributed by atoms with Gasteiger partial charge in [-0.25, -0.2) is 15.1 Å². The van der Waals surface area contributed by atoms with Gasteiger partial charge in [0, 0.05) is 41.8 Å². The first-order valence-corrected chi connectivity index (χ1v) is 9.27. The van der Waals surface area contributed by atoms with E-state index < -0.39 is 0 Å². The number of hydrogen-bond acceptors (Lipinski definition) is 6. The fourth-order valence-electron chi connectivity index (χ4n) is 3.04. The van der Waals surface area contributed by atoms with E-state index in [1.807, 2.05) is 32.0 Å². The van der Waals surface area contributed by atoms with E-state index in [-0.39, 0.29) is 5.56 Å². The molecule has 3 aromatic rings. The van der Waals surface area contributed by atoms with Crippen molar-refractivity contribution in [3.05, 3.63) is 63.5 Å². The molecule has 0 spiro atoms. The lowest BCUT2D eigenvalue weighted by molar-refractivity contribution is 0.825. The number of nitrogens with one attached hydrogen (secondary N) is 2. The molecule has 3 heterocycles. The maximum atomic E-state index is 12.3. The summed E-state index contributed by atoms with van der Waals surface area (Å²) in [6.45, 7) is 6.53. The number of pyridine rings is 1. The Kier molecular flexibility index (Phi) is 5.90. The lowest BCUT2D eigenvalue weighted by Gasteiger charge is -2.13. The molecule has 0 radical (unpaired) electrons. The van der Waals surface area contributed by atoms with Crippen LogP contribution in [0.15, 0.2) is 35.4 Å². The topological polar surface area (TPSA) is 96.5 Å². The van der Waals surface area contributed by atoms with Crippen LogP contribution >= 0.6 is 0 Å². The first-order valence-electron chi connectivity index (χ1n) is 9.27. The molecule has 0 saturated heterocycles. The monoisotopic (exact) mass is 364 g/mol. The number of nitrogens with zero attached hydrogens (tertiary/aromatic N) is 4. The number of H-pyrrole nitrogens is 1. The zero-order valence-corrected chi connectivity index (χ0v) is 15.9. The zero-order valence-electron chi connectivity index (χ0n) is 15.9. The van der Waals surface area contributed by atoms with Gasteiger partial charge in [0.1, 0.15) is 5.82 Å². The molecule has 0 saturated carbocycles. The van der Waals surface area contributed by atoms with Gasteiger partial charge >= 0.3 is 0 Å². The van der Waals surface area contributed by atoms with Gasteiger partial charge in [-0.1, -0.05) is 20.8 Å². The number of aromatic amines is 1. The first kappa shape index (κ1) is 18.7. The van der Waals surface area contributed by atoms with Crippen LogP contribution < -0.4 is 10.9 Å². The molecule has 0 bridgehead atoms. The molecule has 140 valence electrons. The van der Waals surface area contributed by atoms with Crippen LogP contribution in [0.5, 0.6) is 0 Å². The van der Waals surface area contributed by atoms with Crippen LogP contribution in [0, 0.1) is 0 Å². The van der Waals surface area contributed by atoms with Crippen molar-refractivity contribution < 1.29 is 0 Å². The molecular formula is C20H24N6O. The van der Waals surface area contributed by atoms with Gasteiger partial charge in [0.05, 0.1) is 5.69 Å². The van der Waals surface area contributed by atoms with Crippen molar-refractivity contribution >= 4 is 5.82 Å². The van der Waals surface area contributed by atoms with Crippen LogP contribution in [0.1, 0.15) is 43.3 Å². The van der Waals surface area contributed by atoms with E-state index in [0.717, 1.165) is 41.8 Å². The third-order valence-corrected chi connectivity index (χ3v) is 4.49. The van der Waals surface area contributed by atoms with Gasteiger partial charge in [-0.2, -0.15) is 5.10 Å². The molecule has 0 amide bonds. The van der Waals surface area contributed by atoms with Gasteiger partial charge in [0.25, 0.3) is 5.56 Å². The Morgan fingerprint density at radius 3 is 2.44 bits per heavy atom. The van der Waals surface area contributed by atoms with Crippen LogP contribution in [-0.4, -0.2) is 25.1 Å². The maximum Gasteiger partial charge on any atom is 0.269 e. The molecule has 0 unspecified atom stereocenters. The van der Waals surface area contributed by atoms with Crippen molar-refractivity contribution in [2.75, 3.05) is 5.32 Å². The summed E-state index contributed by atoms with van der Waals surface area (Å²) in [7, 11) is 0. The Morgan fingerprint density at radius 1 is 1.00 bits per heavy atom. The highest BCUT2D eigenvalue weighted by Crippen LogP contribution is 2.18. The van der Waals surface area contributed by atoms with E-state index in [4.69, 9.17) is 0 Å². The number of hydrogen-bond donors (Lipinski definition) is 2. The smallest absolute Gasteiger partial charge is 0.269 e. The molecule has 0 aromatic carbocycles. The molecule has 0 aliphatic rings. The Bertz CT molecular complexity index is 968. The number of rotatable bonds is 7. The molecular weight excluding hydrogens is 340 g/mol. The van der Waals surface area contributed by atoms with E-state index in [9.17, 15) is 4.79 Å². The van der Waals surface area contributed by atoms with Crippen LogP contribution in [0.3, 0.4) is 0 Å². The summed E-state index contributed by atoms with van der Waals surface area (Å²) in [5.74, 6) is 1.35. The second kappa shape index (κ2) is 8.53. The third-order valence-electron chi connectivity index (χ3n) is 4.49. The van der Waals surface area contributed by atoms with Gasteiger partial charge in [-0.15, -0.1) is 0 Å². The van der Waals surface area contributed by atoms with Crippen molar-refractivity contribution in [2.24, 2.45) is 0 Å². The minimum atomic E-state index is -0.157. The van der Waals surface area contributed by atoms with E-state index in [1.165, 1.54) is 0 Å². The average molecular weight is 364 g/mol. The van der Waals surface area contributed by atoms with E-state index in [0.29, 0.717) is 23.8 Å². The average Bonchev–Trinajstić information content (AvgIpc) is 2.72. The van der Waals surface area contributed by atoms with E-state index >= 15 is 0 Å². The Hall–Kier alpha value is -3.09. The quantitative estimate of drug-likeness (QED) is 0.669. The highest BCUT2D eigenvalue weighted by molar-refractivity contribution is 5.56. The zero-order chi connectivity index (χ0) is 19.2. The standard InChI is InChI=1S/C20H24N6O/c1-4-14-11-18(24-19(23-14)13-7-9-21-10-8-13)22-12-16-15(5-2)17(6-3)25-26-20(16)27/h7-11H,4-6,12H2,1-3H3,(H,26,27)(H,22,23,24). The van der Waals surface area contributed by atoms with Gasteiger partial charge in [-0.3, -0.25) is 9.78 Å². The highest BCUT2D eigenvalue weighted by Gasteiger charge is 2.13. The molecule has 27 heavy (non-hydrogen) atoms. The Morgan fingerprint density at radius 2 is 1.78 bits per heavy atom. The van der Waals surface area contributed by atoms with E-state index in [2.05, 4.69) is 37.4 Å². The normalized spacial score (nSPS) is 10.8. The second-order valence-electron chi connectivity index (χ2n) is 6.17. The lowest BCUT2D eigenvalue weighted by atomic mass is 10.0. The summed E-state index contributed by atoms with van der Waals surface area (Å²) in [4.78, 5) is 25.6. The van der Waals surface area contributed by atoms with Gasteiger partial charge in [0.15, 0.2) is 5.82 Å². The Balaban J connectivity index is 1.92. The van der Waals surface area contributed by atoms with Crippen molar-refractivity contribution in [1.29, 1.82) is 0 Å². The summed E-state index contributed by atoms with van der Waals surface area (Å²) in [5, 5.41) is 10.1. The summed E-state index contributed by atoms with van der Waals surface area (Å²) >= 11 is 0. The molecule has 7 nitrogen and oxygen atoms in total. The predicted octanol–water partition coefficient (Wildman–Crippen LogP) is 2.92. The third kappa shape index (κ3) is 4.19. The molecule has 2 N–H and O–H groups in total. The lowest BCUT2D eigenvalue weighted by Crippen LogP contribution is -2.22. The minimum Gasteiger partial charge on any atom is -0.366 e. The number of aryl methyl sites for hydroxylation is 2. The molecule has 0 atom stereocenters. The molecule has 0 aliphatic carbocycles. The molecule has 7 heteroatoms.